The first-order valence-corrected chi connectivity index (χ1v) is 5.84. The third kappa shape index (κ3) is 1.82. The van der Waals surface area contributed by atoms with Crippen LogP contribution in [0.2, 0.25) is 0 Å². The van der Waals surface area contributed by atoms with Crippen molar-refractivity contribution in [2.24, 2.45) is 0 Å². The van der Waals surface area contributed by atoms with Gasteiger partial charge in [-0.05, 0) is 18.6 Å². The second kappa shape index (κ2) is 4.49. The van der Waals surface area contributed by atoms with Gasteiger partial charge in [-0.3, -0.25) is 0 Å². The molecule has 0 aliphatic rings. The van der Waals surface area contributed by atoms with Crippen molar-refractivity contribution < 1.29 is 4.52 Å². The lowest BCUT2D eigenvalue weighted by atomic mass is 10.00. The minimum atomic E-state index is 0.833. The summed E-state index contributed by atoms with van der Waals surface area (Å²) in [6, 6.07) is 20.9. The summed E-state index contributed by atoms with van der Waals surface area (Å²) in [5.41, 5.74) is 4.11. The molecule has 0 aliphatic heterocycles. The zero-order chi connectivity index (χ0) is 12.4. The van der Waals surface area contributed by atoms with E-state index in [4.69, 9.17) is 4.52 Å². The minimum Gasteiger partial charge on any atom is -0.360 e. The smallest absolute Gasteiger partial charge is 0.142 e. The number of aryl methyl sites for hydroxylation is 1. The normalized spacial score (nSPS) is 10.5. The molecule has 0 aliphatic carbocycles. The Balaban J connectivity index is 2.19. The van der Waals surface area contributed by atoms with E-state index >= 15 is 0 Å². The van der Waals surface area contributed by atoms with E-state index in [1.54, 1.807) is 0 Å². The Labute approximate surface area is 106 Å². The molecule has 2 aromatic carbocycles. The fraction of sp³-hybridized carbons (Fsp3) is 0.0625. The van der Waals surface area contributed by atoms with Crippen molar-refractivity contribution in [1.29, 1.82) is 0 Å². The second-order valence-electron chi connectivity index (χ2n) is 4.12. The molecule has 0 spiro atoms. The molecule has 0 saturated carbocycles. The Bertz CT molecular complexity index is 641. The van der Waals surface area contributed by atoms with E-state index in [9.17, 15) is 0 Å². The maximum Gasteiger partial charge on any atom is 0.142 e. The second-order valence-corrected chi connectivity index (χ2v) is 4.12. The molecule has 1 aromatic heterocycles. The molecule has 1 radical (unpaired) electrons. The van der Waals surface area contributed by atoms with Gasteiger partial charge < -0.3 is 4.52 Å². The molecule has 0 amide bonds. The maximum atomic E-state index is 5.34. The molecule has 3 aromatic rings. The predicted octanol–water partition coefficient (Wildman–Crippen LogP) is 4.12. The van der Waals surface area contributed by atoms with Crippen LogP contribution in [0.15, 0.2) is 59.1 Å². The molecule has 0 fully saturated rings. The standard InChI is InChI=1S/C16H12NO/c1-12-15(13-8-4-2-5-9-13)16(17-18-12)14-10-6-3-7-11-14/h3-11H,1H3. The molecule has 2 nitrogen and oxygen atoms in total. The van der Waals surface area contributed by atoms with Gasteiger partial charge in [0.2, 0.25) is 0 Å². The summed E-state index contributed by atoms with van der Waals surface area (Å²) < 4.78 is 5.34. The van der Waals surface area contributed by atoms with Crippen molar-refractivity contribution in [3.63, 3.8) is 0 Å². The fourth-order valence-electron chi connectivity index (χ4n) is 2.06. The average Bonchev–Trinajstić information content (AvgIpc) is 2.83. The fourth-order valence-corrected chi connectivity index (χ4v) is 2.06. The van der Waals surface area contributed by atoms with Gasteiger partial charge in [0.25, 0.3) is 0 Å². The van der Waals surface area contributed by atoms with E-state index in [1.165, 1.54) is 0 Å². The van der Waals surface area contributed by atoms with E-state index in [-0.39, 0.29) is 0 Å². The summed E-state index contributed by atoms with van der Waals surface area (Å²) in [5, 5.41) is 4.18. The Kier molecular flexibility index (Phi) is 2.69. The summed E-state index contributed by atoms with van der Waals surface area (Å²) in [6.07, 6.45) is 0. The number of aromatic nitrogens is 1. The zero-order valence-corrected chi connectivity index (χ0v) is 10.1. The zero-order valence-electron chi connectivity index (χ0n) is 10.1. The van der Waals surface area contributed by atoms with Crippen LogP contribution in [-0.4, -0.2) is 5.16 Å². The van der Waals surface area contributed by atoms with Crippen LogP contribution < -0.4 is 0 Å². The summed E-state index contributed by atoms with van der Waals surface area (Å²) in [7, 11) is 0. The highest BCUT2D eigenvalue weighted by atomic mass is 16.5. The van der Waals surface area contributed by atoms with Crippen LogP contribution in [0.1, 0.15) is 5.76 Å². The molecular weight excluding hydrogens is 222 g/mol. The van der Waals surface area contributed by atoms with Crippen molar-refractivity contribution >= 4 is 0 Å². The van der Waals surface area contributed by atoms with Crippen molar-refractivity contribution in [2.75, 3.05) is 0 Å². The monoisotopic (exact) mass is 234 g/mol. The van der Waals surface area contributed by atoms with Crippen LogP contribution in [0.25, 0.3) is 22.4 Å². The van der Waals surface area contributed by atoms with Crippen LogP contribution in [0, 0.1) is 13.0 Å². The van der Waals surface area contributed by atoms with Gasteiger partial charge in [-0.2, -0.15) is 0 Å². The molecule has 0 bridgehead atoms. The summed E-state index contributed by atoms with van der Waals surface area (Å²) in [4.78, 5) is 0. The van der Waals surface area contributed by atoms with E-state index in [1.807, 2.05) is 61.5 Å². The van der Waals surface area contributed by atoms with Gasteiger partial charge in [-0.1, -0.05) is 59.8 Å². The van der Waals surface area contributed by atoms with Gasteiger partial charge in [-0.15, -0.1) is 0 Å². The van der Waals surface area contributed by atoms with Crippen molar-refractivity contribution in [2.45, 2.75) is 6.92 Å². The molecule has 0 atom stereocenters. The lowest BCUT2D eigenvalue weighted by molar-refractivity contribution is 0.400. The topological polar surface area (TPSA) is 26.0 Å². The minimum absolute atomic E-state index is 0.833. The Morgan fingerprint density at radius 2 is 1.67 bits per heavy atom. The summed E-state index contributed by atoms with van der Waals surface area (Å²) in [5.74, 6) is 0.833. The lowest BCUT2D eigenvalue weighted by Crippen LogP contribution is -1.83. The first-order valence-electron chi connectivity index (χ1n) is 5.84. The third-order valence-corrected chi connectivity index (χ3v) is 2.92. The molecule has 1 heterocycles. The maximum absolute atomic E-state index is 5.34. The number of benzene rings is 2. The van der Waals surface area contributed by atoms with Crippen LogP contribution in [0.5, 0.6) is 0 Å². The quantitative estimate of drug-likeness (QED) is 0.666. The van der Waals surface area contributed by atoms with Gasteiger partial charge >= 0.3 is 0 Å². The van der Waals surface area contributed by atoms with Crippen LogP contribution in [0.3, 0.4) is 0 Å². The third-order valence-electron chi connectivity index (χ3n) is 2.92. The first kappa shape index (κ1) is 10.8. The highest BCUT2D eigenvalue weighted by Gasteiger charge is 2.15. The molecule has 0 unspecified atom stereocenters. The van der Waals surface area contributed by atoms with Crippen molar-refractivity contribution in [1.82, 2.24) is 5.16 Å². The Morgan fingerprint density at radius 3 is 2.39 bits per heavy atom. The number of rotatable bonds is 2. The first-order chi connectivity index (χ1) is 8.86. The van der Waals surface area contributed by atoms with Crippen molar-refractivity contribution in [3.05, 3.63) is 66.4 Å². The molecule has 3 rings (SSSR count). The van der Waals surface area contributed by atoms with Gasteiger partial charge in [0.05, 0.1) is 5.56 Å². The Morgan fingerprint density at radius 1 is 0.944 bits per heavy atom. The highest BCUT2D eigenvalue weighted by Crippen LogP contribution is 2.33. The van der Waals surface area contributed by atoms with Gasteiger partial charge in [0.15, 0.2) is 0 Å². The highest BCUT2D eigenvalue weighted by molar-refractivity contribution is 5.81. The van der Waals surface area contributed by atoms with Gasteiger partial charge in [-0.25, -0.2) is 0 Å². The number of hydrogen-bond donors (Lipinski definition) is 0. The van der Waals surface area contributed by atoms with Crippen LogP contribution in [0.4, 0.5) is 0 Å². The van der Waals surface area contributed by atoms with Gasteiger partial charge in [0.1, 0.15) is 11.5 Å². The predicted molar refractivity (Wildman–Crippen MR) is 70.9 cm³/mol. The molecule has 87 valence electrons. The van der Waals surface area contributed by atoms with E-state index in [2.05, 4.69) is 11.2 Å². The van der Waals surface area contributed by atoms with Crippen molar-refractivity contribution in [3.8, 4) is 22.4 Å². The lowest BCUT2D eigenvalue weighted by Gasteiger charge is -2.02. The molecule has 0 N–H and O–H groups in total. The molecule has 18 heavy (non-hydrogen) atoms. The number of hydrogen-bond acceptors (Lipinski definition) is 2. The molecular formula is C16H12NO. The average molecular weight is 234 g/mol. The van der Waals surface area contributed by atoms with E-state index in [0.717, 1.165) is 28.1 Å². The SMILES string of the molecule is Cc1onc(-c2ccccc2)c1-c1cc[c]cc1. The van der Waals surface area contributed by atoms with Crippen LogP contribution >= 0.6 is 0 Å². The van der Waals surface area contributed by atoms with E-state index in [0.29, 0.717) is 0 Å². The van der Waals surface area contributed by atoms with Crippen LogP contribution in [-0.2, 0) is 0 Å². The molecule has 2 heteroatoms. The van der Waals surface area contributed by atoms with E-state index < -0.39 is 0 Å². The summed E-state index contributed by atoms with van der Waals surface area (Å²) in [6.45, 7) is 1.94. The van der Waals surface area contributed by atoms with Gasteiger partial charge in [0, 0.05) is 5.56 Å². The Hall–Kier alpha value is -2.35. The molecule has 0 saturated heterocycles. The largest absolute Gasteiger partial charge is 0.360 e. The number of nitrogens with zero attached hydrogens (tertiary/aromatic N) is 1. The summed E-state index contributed by atoms with van der Waals surface area (Å²) >= 11 is 0.